The van der Waals surface area contributed by atoms with E-state index < -0.39 is 5.97 Å². The number of benzene rings is 1. The van der Waals surface area contributed by atoms with Crippen LogP contribution in [0.4, 0.5) is 0 Å². The van der Waals surface area contributed by atoms with Crippen LogP contribution in [-0.4, -0.2) is 54.5 Å². The maximum absolute atomic E-state index is 11.7. The molecular formula is C17H19NO4S. The molecule has 122 valence electrons. The highest BCUT2D eigenvalue weighted by Crippen LogP contribution is 2.36. The fourth-order valence-electron chi connectivity index (χ4n) is 3.59. The topological polar surface area (TPSA) is 59.0 Å². The summed E-state index contributed by atoms with van der Waals surface area (Å²) >= 11 is 1.36. The first-order valence-electron chi connectivity index (χ1n) is 7.84. The summed E-state index contributed by atoms with van der Waals surface area (Å²) in [5.74, 6) is -0.841. The Hall–Kier alpha value is -1.47. The van der Waals surface area contributed by atoms with Gasteiger partial charge in [0.05, 0.1) is 25.4 Å². The number of carbonyl (C=O) groups is 1. The molecule has 1 aromatic heterocycles. The van der Waals surface area contributed by atoms with E-state index in [2.05, 4.69) is 4.90 Å². The summed E-state index contributed by atoms with van der Waals surface area (Å²) in [4.78, 5) is 14.5. The molecule has 2 fully saturated rings. The second-order valence-electron chi connectivity index (χ2n) is 6.21. The van der Waals surface area contributed by atoms with Gasteiger partial charge >= 0.3 is 5.97 Å². The van der Waals surface area contributed by atoms with Gasteiger partial charge in [-0.25, -0.2) is 4.79 Å². The van der Waals surface area contributed by atoms with Gasteiger partial charge in [-0.15, -0.1) is 11.3 Å². The van der Waals surface area contributed by atoms with Gasteiger partial charge in [-0.2, -0.15) is 0 Å². The third-order valence-corrected chi connectivity index (χ3v) is 6.07. The van der Waals surface area contributed by atoms with E-state index in [0.717, 1.165) is 35.2 Å². The summed E-state index contributed by atoms with van der Waals surface area (Å²) in [6.45, 7) is 4.21. The van der Waals surface area contributed by atoms with Crippen molar-refractivity contribution in [1.82, 2.24) is 4.90 Å². The quantitative estimate of drug-likeness (QED) is 0.935. The van der Waals surface area contributed by atoms with Gasteiger partial charge < -0.3 is 14.6 Å². The maximum atomic E-state index is 11.7. The molecule has 2 aliphatic rings. The van der Waals surface area contributed by atoms with Gasteiger partial charge in [0.2, 0.25) is 0 Å². The lowest BCUT2D eigenvalue weighted by atomic mass is 9.94. The average Bonchev–Trinajstić information content (AvgIpc) is 3.16. The fraction of sp³-hybridized carbons (Fsp3) is 0.471. The van der Waals surface area contributed by atoms with Crippen molar-refractivity contribution in [3.8, 4) is 0 Å². The Morgan fingerprint density at radius 3 is 2.83 bits per heavy atom. The second kappa shape index (κ2) is 5.87. The molecule has 5 nitrogen and oxygen atoms in total. The van der Waals surface area contributed by atoms with E-state index in [4.69, 9.17) is 9.47 Å². The Labute approximate surface area is 138 Å². The van der Waals surface area contributed by atoms with Gasteiger partial charge in [0.15, 0.2) is 0 Å². The third-order valence-electron chi connectivity index (χ3n) is 4.87. The number of morpholine rings is 1. The van der Waals surface area contributed by atoms with E-state index in [1.54, 1.807) is 0 Å². The summed E-state index contributed by atoms with van der Waals surface area (Å²) in [5, 5.41) is 10.6. The van der Waals surface area contributed by atoms with E-state index in [1.807, 2.05) is 24.3 Å². The van der Waals surface area contributed by atoms with Crippen LogP contribution in [0.2, 0.25) is 0 Å². The maximum Gasteiger partial charge on any atom is 0.346 e. The van der Waals surface area contributed by atoms with Crippen molar-refractivity contribution >= 4 is 27.4 Å². The van der Waals surface area contributed by atoms with Gasteiger partial charge in [-0.3, -0.25) is 4.90 Å². The number of ether oxygens (including phenoxy) is 2. The van der Waals surface area contributed by atoms with Crippen LogP contribution in [-0.2, 0) is 16.0 Å². The number of nitrogens with zero attached hydrogens (tertiary/aromatic N) is 1. The smallest absolute Gasteiger partial charge is 0.346 e. The van der Waals surface area contributed by atoms with Gasteiger partial charge in [-0.05, 0) is 23.4 Å². The number of rotatable bonds is 3. The monoisotopic (exact) mass is 333 g/mol. The number of aromatic carboxylic acids is 1. The standard InChI is InChI=1S/C17H19NO4S/c19-16(20)15-13(12-3-1-2-4-14(12)23-15)9-18-6-8-22-11-17(18)5-7-21-10-17/h1-4H,5-11H2,(H,19,20). The Balaban J connectivity index is 1.74. The molecule has 2 saturated heterocycles. The van der Waals surface area contributed by atoms with Crippen molar-refractivity contribution in [3.05, 3.63) is 34.7 Å². The van der Waals surface area contributed by atoms with Gasteiger partial charge in [-0.1, -0.05) is 18.2 Å². The van der Waals surface area contributed by atoms with Crippen molar-refractivity contribution in [3.63, 3.8) is 0 Å². The Bertz CT molecular complexity index is 735. The van der Waals surface area contributed by atoms with Crippen molar-refractivity contribution in [2.45, 2.75) is 18.5 Å². The molecule has 0 bridgehead atoms. The minimum atomic E-state index is -0.841. The first-order chi connectivity index (χ1) is 11.2. The van der Waals surface area contributed by atoms with Crippen LogP contribution in [0.5, 0.6) is 0 Å². The first-order valence-corrected chi connectivity index (χ1v) is 8.65. The molecule has 1 atom stereocenters. The second-order valence-corrected chi connectivity index (χ2v) is 7.26. The number of hydrogen-bond acceptors (Lipinski definition) is 5. The molecule has 0 amide bonds. The minimum absolute atomic E-state index is 0.100. The largest absolute Gasteiger partial charge is 0.477 e. The Kier molecular flexibility index (Phi) is 3.85. The third kappa shape index (κ3) is 2.55. The molecule has 1 N–H and O–H groups in total. The number of carboxylic acids is 1. The molecule has 1 aromatic carbocycles. The molecule has 6 heteroatoms. The lowest BCUT2D eigenvalue weighted by molar-refractivity contribution is -0.0748. The number of hydrogen-bond donors (Lipinski definition) is 1. The molecule has 1 unspecified atom stereocenters. The van der Waals surface area contributed by atoms with Crippen molar-refractivity contribution in [1.29, 1.82) is 0 Å². The predicted octanol–water partition coefficient (Wildman–Crippen LogP) is 2.59. The average molecular weight is 333 g/mol. The molecule has 0 aliphatic carbocycles. The van der Waals surface area contributed by atoms with Crippen LogP contribution < -0.4 is 0 Å². The van der Waals surface area contributed by atoms with Crippen molar-refractivity contribution < 1.29 is 19.4 Å². The molecule has 3 heterocycles. The summed E-state index contributed by atoms with van der Waals surface area (Å²) in [7, 11) is 0. The van der Waals surface area contributed by atoms with Crippen LogP contribution in [0.15, 0.2) is 24.3 Å². The van der Waals surface area contributed by atoms with Gasteiger partial charge in [0.1, 0.15) is 4.88 Å². The summed E-state index contributed by atoms with van der Waals surface area (Å²) in [6, 6.07) is 7.93. The normalized spacial score (nSPS) is 25.4. The zero-order chi connectivity index (χ0) is 15.9. The highest BCUT2D eigenvalue weighted by molar-refractivity contribution is 7.21. The van der Waals surface area contributed by atoms with Crippen LogP contribution >= 0.6 is 11.3 Å². The van der Waals surface area contributed by atoms with Crippen LogP contribution in [0.3, 0.4) is 0 Å². The summed E-state index contributed by atoms with van der Waals surface area (Å²) in [6.07, 6.45) is 0.942. The van der Waals surface area contributed by atoms with Crippen LogP contribution in [0, 0.1) is 0 Å². The van der Waals surface area contributed by atoms with Crippen molar-refractivity contribution in [2.75, 3.05) is 33.0 Å². The lowest BCUT2D eigenvalue weighted by Gasteiger charge is -2.43. The van der Waals surface area contributed by atoms with Gasteiger partial charge in [0, 0.05) is 24.4 Å². The highest BCUT2D eigenvalue weighted by Gasteiger charge is 2.43. The zero-order valence-corrected chi connectivity index (χ0v) is 13.6. The number of carboxylic acid groups (broad SMARTS) is 1. The molecule has 4 rings (SSSR count). The Morgan fingerprint density at radius 1 is 1.26 bits per heavy atom. The number of thiophene rings is 1. The van der Waals surface area contributed by atoms with Gasteiger partial charge in [0.25, 0.3) is 0 Å². The van der Waals surface area contributed by atoms with E-state index in [0.29, 0.717) is 31.2 Å². The summed E-state index contributed by atoms with van der Waals surface area (Å²) < 4.78 is 12.3. The highest BCUT2D eigenvalue weighted by atomic mass is 32.1. The molecule has 0 saturated carbocycles. The van der Waals surface area contributed by atoms with Crippen LogP contribution in [0.25, 0.3) is 10.1 Å². The first kappa shape index (κ1) is 15.1. The fourth-order valence-corrected chi connectivity index (χ4v) is 4.64. The van der Waals surface area contributed by atoms with Crippen molar-refractivity contribution in [2.24, 2.45) is 0 Å². The molecule has 23 heavy (non-hydrogen) atoms. The molecule has 1 spiro atoms. The van der Waals surface area contributed by atoms with E-state index in [9.17, 15) is 9.90 Å². The van der Waals surface area contributed by atoms with E-state index in [-0.39, 0.29) is 5.54 Å². The lowest BCUT2D eigenvalue weighted by Crippen LogP contribution is -2.57. The molecular weight excluding hydrogens is 314 g/mol. The molecule has 0 radical (unpaired) electrons. The van der Waals surface area contributed by atoms with Crippen LogP contribution in [0.1, 0.15) is 21.7 Å². The zero-order valence-electron chi connectivity index (χ0n) is 12.8. The van der Waals surface area contributed by atoms with E-state index in [1.165, 1.54) is 11.3 Å². The molecule has 2 aliphatic heterocycles. The predicted molar refractivity (Wildman–Crippen MR) is 88.2 cm³/mol. The SMILES string of the molecule is O=C(O)c1sc2ccccc2c1CN1CCOCC12CCOC2. The van der Waals surface area contributed by atoms with E-state index >= 15 is 0 Å². The number of fused-ring (bicyclic) bond motifs is 1. The molecule has 2 aromatic rings. The minimum Gasteiger partial charge on any atom is -0.477 e. The summed E-state index contributed by atoms with van der Waals surface area (Å²) in [5.41, 5.74) is 0.822. The Morgan fingerprint density at radius 2 is 2.04 bits per heavy atom.